The zero-order valence-corrected chi connectivity index (χ0v) is 13.2. The summed E-state index contributed by atoms with van der Waals surface area (Å²) in [4.78, 5) is 24.1. The maximum absolute atomic E-state index is 11.2. The third-order valence-corrected chi connectivity index (χ3v) is 4.10. The summed E-state index contributed by atoms with van der Waals surface area (Å²) < 4.78 is 1.65. The highest BCUT2D eigenvalue weighted by atomic mass is 16.2. The van der Waals surface area contributed by atoms with Crippen LogP contribution >= 0.6 is 0 Å². The Labute approximate surface area is 134 Å². The fraction of sp³-hybridized carbons (Fsp3) is 0.158. The van der Waals surface area contributed by atoms with Crippen LogP contribution in [0.25, 0.3) is 10.9 Å². The van der Waals surface area contributed by atoms with Crippen LogP contribution in [0.3, 0.4) is 0 Å². The van der Waals surface area contributed by atoms with Crippen LogP contribution in [0.4, 0.5) is 5.69 Å². The summed E-state index contributed by atoms with van der Waals surface area (Å²) in [5.41, 5.74) is 3.20. The third kappa shape index (κ3) is 2.88. The largest absolute Gasteiger partial charge is 0.315 e. The number of rotatable bonds is 0. The number of para-hydroxylation sites is 2. The second-order valence-electron chi connectivity index (χ2n) is 5.55. The lowest BCUT2D eigenvalue weighted by Gasteiger charge is -2.08. The lowest BCUT2D eigenvalue weighted by atomic mass is 10.2. The van der Waals surface area contributed by atoms with Gasteiger partial charge in [0.05, 0.1) is 11.9 Å². The van der Waals surface area contributed by atoms with E-state index in [4.69, 9.17) is 0 Å². The molecule has 0 aliphatic carbocycles. The van der Waals surface area contributed by atoms with Gasteiger partial charge in [-0.05, 0) is 29.1 Å². The number of anilines is 1. The summed E-state index contributed by atoms with van der Waals surface area (Å²) in [6.07, 6.45) is 0.562. The summed E-state index contributed by atoms with van der Waals surface area (Å²) in [5.74, 6) is 0.186. The van der Waals surface area contributed by atoms with Crippen molar-refractivity contribution in [3.05, 3.63) is 76.6 Å². The van der Waals surface area contributed by atoms with E-state index in [1.807, 2.05) is 61.6 Å². The molecule has 0 atom stereocenters. The van der Waals surface area contributed by atoms with Gasteiger partial charge in [-0.1, -0.05) is 36.4 Å². The maximum Gasteiger partial charge on any atom is 0.250 e. The molecule has 1 aliphatic rings. The molecule has 2 aromatic carbocycles. The van der Waals surface area contributed by atoms with E-state index in [0.717, 1.165) is 22.2 Å². The number of carbonyl (C=O) groups excluding carboxylic acids is 1. The Morgan fingerprint density at radius 3 is 2.30 bits per heavy atom. The van der Waals surface area contributed by atoms with E-state index in [2.05, 4.69) is 0 Å². The van der Waals surface area contributed by atoms with Crippen LogP contribution in [0.1, 0.15) is 5.56 Å². The van der Waals surface area contributed by atoms with Crippen LogP contribution in [0, 0.1) is 0 Å². The van der Waals surface area contributed by atoms with E-state index >= 15 is 0 Å². The average molecular weight is 306 g/mol. The molecule has 1 aliphatic heterocycles. The van der Waals surface area contributed by atoms with Gasteiger partial charge in [-0.15, -0.1) is 0 Å². The molecule has 0 saturated carbocycles. The van der Waals surface area contributed by atoms with Crippen molar-refractivity contribution in [3.63, 3.8) is 0 Å². The molecule has 3 aromatic rings. The summed E-state index contributed by atoms with van der Waals surface area (Å²) >= 11 is 0. The SMILES string of the molecule is CN1C(=O)Cc2ccccc21.Cn1c(=O)ccc2ccccc21. The van der Waals surface area contributed by atoms with Gasteiger partial charge in [-0.2, -0.15) is 0 Å². The van der Waals surface area contributed by atoms with Crippen LogP contribution in [0.15, 0.2) is 65.5 Å². The topological polar surface area (TPSA) is 42.3 Å². The number of aromatic nitrogens is 1. The summed E-state index contributed by atoms with van der Waals surface area (Å²) in [7, 11) is 3.60. The minimum absolute atomic E-state index is 0.0358. The smallest absolute Gasteiger partial charge is 0.250 e. The predicted octanol–water partition coefficient (Wildman–Crippen LogP) is 2.74. The van der Waals surface area contributed by atoms with Gasteiger partial charge < -0.3 is 9.47 Å². The molecule has 0 saturated heterocycles. The van der Waals surface area contributed by atoms with E-state index in [1.54, 1.807) is 22.6 Å². The van der Waals surface area contributed by atoms with Crippen molar-refractivity contribution < 1.29 is 4.79 Å². The maximum atomic E-state index is 11.2. The van der Waals surface area contributed by atoms with Gasteiger partial charge in [0.25, 0.3) is 5.56 Å². The van der Waals surface area contributed by atoms with Crippen molar-refractivity contribution in [2.24, 2.45) is 7.05 Å². The Bertz CT molecular complexity index is 928. The highest BCUT2D eigenvalue weighted by Gasteiger charge is 2.22. The van der Waals surface area contributed by atoms with Gasteiger partial charge in [-0.3, -0.25) is 9.59 Å². The van der Waals surface area contributed by atoms with Crippen LogP contribution in [0.2, 0.25) is 0 Å². The first kappa shape index (κ1) is 15.0. The van der Waals surface area contributed by atoms with Crippen LogP contribution in [-0.2, 0) is 18.3 Å². The lowest BCUT2D eigenvalue weighted by molar-refractivity contribution is -0.117. The standard InChI is InChI=1S/C10H9NO.C9H9NO/c1-11-9-5-3-2-4-8(9)6-7-10(11)12;1-10-8-5-3-2-4-7(8)6-9(10)11/h2-7H,1H3;2-5H,6H2,1H3. The van der Waals surface area contributed by atoms with E-state index in [9.17, 15) is 9.59 Å². The molecule has 4 heteroatoms. The number of nitrogens with zero attached hydrogens (tertiary/aromatic N) is 2. The van der Waals surface area contributed by atoms with E-state index < -0.39 is 0 Å². The average Bonchev–Trinajstić information content (AvgIpc) is 2.87. The quantitative estimate of drug-likeness (QED) is 0.641. The van der Waals surface area contributed by atoms with Gasteiger partial charge >= 0.3 is 0 Å². The van der Waals surface area contributed by atoms with Gasteiger partial charge in [0, 0.05) is 25.8 Å². The molecular weight excluding hydrogens is 288 g/mol. The van der Waals surface area contributed by atoms with Crippen molar-refractivity contribution in [2.45, 2.75) is 6.42 Å². The Kier molecular flexibility index (Phi) is 3.98. The molecule has 23 heavy (non-hydrogen) atoms. The summed E-state index contributed by atoms with van der Waals surface area (Å²) in [6.45, 7) is 0. The molecular formula is C19H18N2O2. The number of hydrogen-bond donors (Lipinski definition) is 0. The molecule has 0 spiro atoms. The monoisotopic (exact) mass is 306 g/mol. The number of benzene rings is 2. The van der Waals surface area contributed by atoms with E-state index in [1.165, 1.54) is 0 Å². The summed E-state index contributed by atoms with van der Waals surface area (Å²) in [6, 6.07) is 19.1. The Balaban J connectivity index is 0.000000136. The number of fused-ring (bicyclic) bond motifs is 2. The fourth-order valence-electron chi connectivity index (χ4n) is 2.73. The van der Waals surface area contributed by atoms with E-state index in [-0.39, 0.29) is 11.5 Å². The van der Waals surface area contributed by atoms with Crippen molar-refractivity contribution in [1.82, 2.24) is 4.57 Å². The zero-order chi connectivity index (χ0) is 16.4. The normalized spacial score (nSPS) is 12.8. The number of aryl methyl sites for hydroxylation is 1. The molecule has 0 radical (unpaired) electrons. The van der Waals surface area contributed by atoms with Gasteiger partial charge in [0.2, 0.25) is 5.91 Å². The third-order valence-electron chi connectivity index (χ3n) is 4.10. The Hall–Kier alpha value is -2.88. The van der Waals surface area contributed by atoms with Gasteiger partial charge in [0.1, 0.15) is 0 Å². The van der Waals surface area contributed by atoms with Crippen molar-refractivity contribution in [3.8, 4) is 0 Å². The summed E-state index contributed by atoms with van der Waals surface area (Å²) in [5, 5.41) is 1.10. The Morgan fingerprint density at radius 1 is 0.826 bits per heavy atom. The lowest BCUT2D eigenvalue weighted by Crippen LogP contribution is -2.20. The number of carbonyl (C=O) groups is 1. The van der Waals surface area contributed by atoms with Crippen LogP contribution in [0.5, 0.6) is 0 Å². The van der Waals surface area contributed by atoms with Crippen molar-refractivity contribution in [2.75, 3.05) is 11.9 Å². The first-order chi connectivity index (χ1) is 11.1. The van der Waals surface area contributed by atoms with Crippen LogP contribution in [-0.4, -0.2) is 17.5 Å². The fourth-order valence-corrected chi connectivity index (χ4v) is 2.73. The first-order valence-corrected chi connectivity index (χ1v) is 7.47. The molecule has 0 bridgehead atoms. The second kappa shape index (κ2) is 6.08. The molecule has 0 N–H and O–H groups in total. The molecule has 116 valence electrons. The Morgan fingerprint density at radius 2 is 1.52 bits per heavy atom. The van der Waals surface area contributed by atoms with Crippen molar-refractivity contribution in [1.29, 1.82) is 0 Å². The van der Waals surface area contributed by atoms with Crippen LogP contribution < -0.4 is 10.5 Å². The number of likely N-dealkylation sites (N-methyl/N-ethyl adjacent to an activating group) is 1. The van der Waals surface area contributed by atoms with Gasteiger partial charge in [-0.25, -0.2) is 0 Å². The number of pyridine rings is 1. The van der Waals surface area contributed by atoms with Gasteiger partial charge in [0.15, 0.2) is 0 Å². The number of hydrogen-bond acceptors (Lipinski definition) is 2. The second-order valence-corrected chi connectivity index (χ2v) is 5.55. The van der Waals surface area contributed by atoms with Crippen molar-refractivity contribution >= 4 is 22.5 Å². The minimum Gasteiger partial charge on any atom is -0.315 e. The molecule has 4 rings (SSSR count). The molecule has 2 heterocycles. The molecule has 4 nitrogen and oxygen atoms in total. The molecule has 1 amide bonds. The minimum atomic E-state index is 0.0358. The highest BCUT2D eigenvalue weighted by Crippen LogP contribution is 2.26. The molecule has 1 aromatic heterocycles. The predicted molar refractivity (Wildman–Crippen MR) is 92.7 cm³/mol. The highest BCUT2D eigenvalue weighted by molar-refractivity contribution is 6.00. The number of amides is 1. The van der Waals surface area contributed by atoms with E-state index in [0.29, 0.717) is 6.42 Å². The molecule has 0 unspecified atom stereocenters. The first-order valence-electron chi connectivity index (χ1n) is 7.47. The zero-order valence-electron chi connectivity index (χ0n) is 13.2. The molecule has 0 fully saturated rings.